The predicted molar refractivity (Wildman–Crippen MR) is 178 cm³/mol. The Morgan fingerprint density at radius 3 is 1.37 bits per heavy atom. The van der Waals surface area contributed by atoms with Gasteiger partial charge in [0.15, 0.2) is 17.1 Å². The van der Waals surface area contributed by atoms with Crippen LogP contribution in [-0.4, -0.2) is 15.0 Å². The third kappa shape index (κ3) is 4.03. The molecule has 0 fully saturated rings. The van der Waals surface area contributed by atoms with E-state index >= 15 is 0 Å². The van der Waals surface area contributed by atoms with Crippen molar-refractivity contribution in [3.8, 4) is 11.4 Å². The number of nitrogens with zero attached hydrogens (tertiary/aromatic N) is 3. The van der Waals surface area contributed by atoms with Gasteiger partial charge in [-0.2, -0.15) is 0 Å². The summed E-state index contributed by atoms with van der Waals surface area (Å²) < 4.78 is 6.27. The van der Waals surface area contributed by atoms with Crippen LogP contribution in [0.2, 0.25) is 0 Å². The molecule has 6 aromatic carbocycles. The molecule has 0 spiro atoms. The number of fused-ring (bicyclic) bond motifs is 15. The van der Waals surface area contributed by atoms with E-state index < -0.39 is 0 Å². The molecule has 3 aromatic heterocycles. The van der Waals surface area contributed by atoms with Crippen LogP contribution in [0.4, 0.5) is 0 Å². The zero-order valence-electron chi connectivity index (χ0n) is 23.0. The first-order chi connectivity index (χ1) is 21.2. The summed E-state index contributed by atoms with van der Waals surface area (Å²) in [5.41, 5.74) is 3.89. The van der Waals surface area contributed by atoms with Gasteiger partial charge in [-0.05, 0) is 80.8 Å². The van der Waals surface area contributed by atoms with Gasteiger partial charge in [-0.15, -0.1) is 0 Å². The van der Waals surface area contributed by atoms with Crippen LogP contribution in [-0.2, 0) is 0 Å². The number of hydrogen-bond acceptors (Lipinski definition) is 4. The van der Waals surface area contributed by atoms with Crippen molar-refractivity contribution in [3.05, 3.63) is 140 Å². The van der Waals surface area contributed by atoms with Crippen LogP contribution in [0.15, 0.2) is 144 Å². The number of rotatable bonds is 1. The van der Waals surface area contributed by atoms with Crippen LogP contribution in [0.1, 0.15) is 0 Å². The summed E-state index contributed by atoms with van der Waals surface area (Å²) >= 11 is 0. The molecule has 9 rings (SSSR count). The Morgan fingerprint density at radius 2 is 0.791 bits per heavy atom. The second-order valence-electron chi connectivity index (χ2n) is 10.9. The maximum Gasteiger partial charge on any atom is 0.164 e. The lowest BCUT2D eigenvalue weighted by Crippen LogP contribution is -1.94. The number of furan rings is 1. The molecule has 0 amide bonds. The molecule has 0 saturated carbocycles. The van der Waals surface area contributed by atoms with E-state index in [1.54, 1.807) is 0 Å². The molecule has 0 radical (unpaired) electrons. The Morgan fingerprint density at radius 1 is 0.349 bits per heavy atom. The normalized spacial score (nSPS) is 11.7. The van der Waals surface area contributed by atoms with E-state index in [0.717, 1.165) is 59.8 Å². The molecule has 0 unspecified atom stereocenters. The van der Waals surface area contributed by atoms with Crippen LogP contribution >= 0.6 is 0 Å². The molecule has 0 saturated heterocycles. The van der Waals surface area contributed by atoms with E-state index in [0.29, 0.717) is 17.1 Å². The Balaban J connectivity index is 1.51. The van der Waals surface area contributed by atoms with E-state index in [2.05, 4.69) is 97.1 Å². The van der Waals surface area contributed by atoms with Gasteiger partial charge in [0.1, 0.15) is 11.2 Å². The van der Waals surface area contributed by atoms with E-state index in [1.165, 1.54) is 10.8 Å². The highest BCUT2D eigenvalue weighted by atomic mass is 16.3. The second-order valence-corrected chi connectivity index (χ2v) is 10.9. The Bertz CT molecular complexity index is 2620. The molecule has 4 nitrogen and oxygen atoms in total. The van der Waals surface area contributed by atoms with Crippen LogP contribution in [0.5, 0.6) is 0 Å². The highest BCUT2D eigenvalue weighted by molar-refractivity contribution is 6.10. The lowest BCUT2D eigenvalue weighted by molar-refractivity contribution is 0.669. The minimum atomic E-state index is 0.623. The minimum absolute atomic E-state index is 0.623. The molecule has 200 valence electrons. The highest BCUT2D eigenvalue weighted by Gasteiger charge is 2.10. The smallest absolute Gasteiger partial charge is 0.164 e. The molecule has 0 aliphatic carbocycles. The number of aromatic nitrogens is 3. The molecule has 0 atom stereocenters. The first-order valence-corrected chi connectivity index (χ1v) is 14.4. The summed E-state index contributed by atoms with van der Waals surface area (Å²) in [7, 11) is 0. The molecule has 0 aliphatic heterocycles. The summed E-state index contributed by atoms with van der Waals surface area (Å²) in [4.78, 5) is 15.0. The van der Waals surface area contributed by atoms with Crippen molar-refractivity contribution in [2.75, 3.05) is 0 Å². The Kier molecular flexibility index (Phi) is 5.16. The highest BCUT2D eigenvalue weighted by Crippen LogP contribution is 2.33. The lowest BCUT2D eigenvalue weighted by Gasteiger charge is -2.04. The largest absolute Gasteiger partial charge is 0.456 e. The molecule has 3 heterocycles. The van der Waals surface area contributed by atoms with Crippen molar-refractivity contribution in [2.24, 2.45) is 0 Å². The van der Waals surface area contributed by atoms with Gasteiger partial charge in [-0.3, -0.25) is 0 Å². The van der Waals surface area contributed by atoms with Crippen molar-refractivity contribution >= 4 is 76.3 Å². The summed E-state index contributed by atoms with van der Waals surface area (Å²) in [6.45, 7) is 0. The topological polar surface area (TPSA) is 51.8 Å². The van der Waals surface area contributed by atoms with E-state index in [1.807, 2.05) is 42.5 Å². The monoisotopic (exact) mass is 549 g/mol. The van der Waals surface area contributed by atoms with Gasteiger partial charge in [0.05, 0.1) is 0 Å². The predicted octanol–water partition coefficient (Wildman–Crippen LogP) is 10.3. The molecular weight excluding hydrogens is 526 g/mol. The van der Waals surface area contributed by atoms with Crippen molar-refractivity contribution in [3.63, 3.8) is 0 Å². The fourth-order valence-electron chi connectivity index (χ4n) is 6.04. The van der Waals surface area contributed by atoms with Gasteiger partial charge in [0, 0.05) is 27.1 Å². The maximum atomic E-state index is 6.27. The summed E-state index contributed by atoms with van der Waals surface area (Å²) in [6, 6.07) is 48.6. The van der Waals surface area contributed by atoms with Gasteiger partial charge in [-0.25, -0.2) is 15.0 Å². The molecule has 4 heteroatoms. The molecular formula is C39H23N3O. The first kappa shape index (κ1) is 23.8. The van der Waals surface area contributed by atoms with Gasteiger partial charge in [0.2, 0.25) is 0 Å². The van der Waals surface area contributed by atoms with E-state index in [9.17, 15) is 0 Å². The van der Waals surface area contributed by atoms with E-state index in [-0.39, 0.29) is 0 Å². The van der Waals surface area contributed by atoms with Crippen molar-refractivity contribution < 1.29 is 4.42 Å². The van der Waals surface area contributed by atoms with Gasteiger partial charge in [-0.1, -0.05) is 91.0 Å². The van der Waals surface area contributed by atoms with Crippen molar-refractivity contribution in [2.45, 2.75) is 0 Å². The zero-order valence-corrected chi connectivity index (χ0v) is 23.0. The van der Waals surface area contributed by atoms with Crippen LogP contribution < -0.4 is 0 Å². The van der Waals surface area contributed by atoms with Crippen LogP contribution in [0.25, 0.3) is 87.7 Å². The quantitative estimate of drug-likeness (QED) is 0.204. The van der Waals surface area contributed by atoms with Crippen molar-refractivity contribution in [1.82, 2.24) is 15.0 Å². The zero-order chi connectivity index (χ0) is 28.3. The minimum Gasteiger partial charge on any atom is -0.456 e. The number of hydrogen-bond donors (Lipinski definition) is 0. The van der Waals surface area contributed by atoms with E-state index in [4.69, 9.17) is 19.4 Å². The second kappa shape index (κ2) is 9.33. The molecule has 0 N–H and O–H groups in total. The SMILES string of the molecule is c1ccc(-c2nc3nc(n2)c2ccc4oc5ccc(cc5c4c2)c2cccc(c2)c2cccc(c2)c2cccc3c2)cc1. The molecule has 9 aromatic rings. The Hall–Kier alpha value is -5.87. The standard InChI is InChI=1S/C39H23N3O/c1-2-7-24(8-3-1)37-40-38-31-14-6-13-29(21-31)27-11-4-9-25(19-27)26-10-5-12-28(20-26)30-15-17-35-33(22-30)34-23-32(39(41-37)42-38)16-18-36(34)43-35/h1-23H. The first-order valence-electron chi connectivity index (χ1n) is 14.4. The van der Waals surface area contributed by atoms with Crippen molar-refractivity contribution in [1.29, 1.82) is 0 Å². The number of benzene rings is 6. The van der Waals surface area contributed by atoms with Crippen LogP contribution in [0, 0.1) is 0 Å². The maximum absolute atomic E-state index is 6.27. The van der Waals surface area contributed by atoms with Gasteiger partial charge < -0.3 is 4.42 Å². The molecule has 0 aliphatic rings. The fourth-order valence-corrected chi connectivity index (χ4v) is 6.04. The average Bonchev–Trinajstić information content (AvgIpc) is 3.45. The van der Waals surface area contributed by atoms with Crippen LogP contribution in [0.3, 0.4) is 0 Å². The molecule has 12 bridgehead atoms. The fraction of sp³-hybridized carbons (Fsp3) is 0. The summed E-state index contributed by atoms with van der Waals surface area (Å²) in [5.74, 6) is 0.639. The lowest BCUT2D eigenvalue weighted by atomic mass is 10.0. The third-order valence-corrected chi connectivity index (χ3v) is 8.24. The third-order valence-electron chi connectivity index (χ3n) is 8.24. The average molecular weight is 550 g/mol. The Labute approximate surface area is 246 Å². The molecule has 43 heavy (non-hydrogen) atoms. The van der Waals surface area contributed by atoms with Gasteiger partial charge >= 0.3 is 0 Å². The summed E-state index contributed by atoms with van der Waals surface area (Å²) in [5, 5.41) is 10.8. The summed E-state index contributed by atoms with van der Waals surface area (Å²) in [6.07, 6.45) is 0. The van der Waals surface area contributed by atoms with Gasteiger partial charge in [0.25, 0.3) is 0 Å².